The summed E-state index contributed by atoms with van der Waals surface area (Å²) in [5.74, 6) is 2.33. The predicted octanol–water partition coefficient (Wildman–Crippen LogP) is 3.86. The number of nitrogens with zero attached hydrogens (tertiary/aromatic N) is 3. The van der Waals surface area contributed by atoms with E-state index in [-0.39, 0.29) is 24.0 Å². The first-order chi connectivity index (χ1) is 12.7. The second-order valence-corrected chi connectivity index (χ2v) is 7.58. The monoisotopic (exact) mass is 503 g/mol. The minimum atomic E-state index is 0. The number of hydrogen-bond donors (Lipinski definition) is 2. The summed E-state index contributed by atoms with van der Waals surface area (Å²) in [6, 6.07) is 4.76. The van der Waals surface area contributed by atoms with Gasteiger partial charge in [-0.05, 0) is 58.1 Å². The van der Waals surface area contributed by atoms with Crippen LogP contribution in [0.3, 0.4) is 0 Å². The number of halogens is 1. The maximum Gasteiger partial charge on any atom is 0.216 e. The van der Waals surface area contributed by atoms with Crippen molar-refractivity contribution in [2.24, 2.45) is 4.99 Å². The number of aromatic nitrogens is 1. The van der Waals surface area contributed by atoms with Crippen molar-refractivity contribution in [2.75, 3.05) is 26.2 Å². The Morgan fingerprint density at radius 3 is 2.70 bits per heavy atom. The fourth-order valence-corrected chi connectivity index (χ4v) is 4.09. The zero-order valence-electron chi connectivity index (χ0n) is 16.3. The van der Waals surface area contributed by atoms with Gasteiger partial charge in [-0.3, -0.25) is 4.90 Å². The summed E-state index contributed by atoms with van der Waals surface area (Å²) in [5.41, 5.74) is 0.931. The van der Waals surface area contributed by atoms with E-state index in [1.807, 2.05) is 25.2 Å². The van der Waals surface area contributed by atoms with Gasteiger partial charge in [0.05, 0.1) is 11.7 Å². The molecule has 3 heterocycles. The van der Waals surface area contributed by atoms with Crippen molar-refractivity contribution < 1.29 is 4.42 Å². The van der Waals surface area contributed by atoms with E-state index in [2.05, 4.69) is 49.9 Å². The summed E-state index contributed by atoms with van der Waals surface area (Å²) in [4.78, 5) is 13.0. The molecule has 27 heavy (non-hydrogen) atoms. The van der Waals surface area contributed by atoms with Gasteiger partial charge >= 0.3 is 0 Å². The Bertz CT molecular complexity index is 690. The van der Waals surface area contributed by atoms with Gasteiger partial charge in [0.15, 0.2) is 5.96 Å². The quantitative estimate of drug-likeness (QED) is 0.341. The molecule has 6 nitrogen and oxygen atoms in total. The van der Waals surface area contributed by atoms with E-state index in [1.165, 1.54) is 30.8 Å². The number of nitrogens with one attached hydrogen (secondary N) is 2. The number of hydrogen-bond acceptors (Lipinski definition) is 5. The van der Waals surface area contributed by atoms with Crippen molar-refractivity contribution in [1.82, 2.24) is 20.5 Å². The average molecular weight is 503 g/mol. The highest BCUT2D eigenvalue weighted by Crippen LogP contribution is 2.27. The number of guanidine groups is 1. The van der Waals surface area contributed by atoms with E-state index in [0.717, 1.165) is 30.5 Å². The van der Waals surface area contributed by atoms with Crippen LogP contribution in [0.2, 0.25) is 0 Å². The van der Waals surface area contributed by atoms with E-state index in [4.69, 9.17) is 4.42 Å². The lowest BCUT2D eigenvalue weighted by molar-refractivity contribution is 0.249. The maximum absolute atomic E-state index is 5.63. The largest absolute Gasteiger partial charge is 0.444 e. The fourth-order valence-electron chi connectivity index (χ4n) is 3.23. The lowest BCUT2D eigenvalue weighted by atomic mass is 10.2. The zero-order valence-corrected chi connectivity index (χ0v) is 19.5. The molecule has 0 aliphatic carbocycles. The van der Waals surface area contributed by atoms with E-state index in [0.29, 0.717) is 18.5 Å². The van der Waals surface area contributed by atoms with Gasteiger partial charge in [0, 0.05) is 18.0 Å². The van der Waals surface area contributed by atoms with Crippen LogP contribution in [-0.4, -0.2) is 42.0 Å². The van der Waals surface area contributed by atoms with Crippen LogP contribution in [0.1, 0.15) is 48.0 Å². The summed E-state index contributed by atoms with van der Waals surface area (Å²) in [6.45, 7) is 10.4. The minimum Gasteiger partial charge on any atom is -0.444 e. The van der Waals surface area contributed by atoms with Gasteiger partial charge in [0.2, 0.25) is 5.89 Å². The molecule has 0 radical (unpaired) electrons. The van der Waals surface area contributed by atoms with Crippen LogP contribution in [0.25, 0.3) is 0 Å². The molecule has 0 spiro atoms. The highest BCUT2D eigenvalue weighted by molar-refractivity contribution is 14.0. The lowest BCUT2D eigenvalue weighted by Gasteiger charge is -2.27. The van der Waals surface area contributed by atoms with Gasteiger partial charge in [-0.25, -0.2) is 9.98 Å². The average Bonchev–Trinajstić information content (AvgIpc) is 3.37. The van der Waals surface area contributed by atoms with Crippen LogP contribution >= 0.6 is 35.3 Å². The molecule has 2 aromatic rings. The molecule has 1 aliphatic heterocycles. The normalized spacial score (nSPS) is 16.2. The summed E-state index contributed by atoms with van der Waals surface area (Å²) in [6.07, 6.45) is 2.58. The summed E-state index contributed by atoms with van der Waals surface area (Å²) >= 11 is 1.83. The first-order valence-electron chi connectivity index (χ1n) is 9.40. The van der Waals surface area contributed by atoms with Crippen molar-refractivity contribution in [3.8, 4) is 0 Å². The third-order valence-electron chi connectivity index (χ3n) is 4.71. The summed E-state index contributed by atoms with van der Waals surface area (Å²) in [7, 11) is 0. The maximum atomic E-state index is 5.63. The van der Waals surface area contributed by atoms with Crippen LogP contribution in [-0.2, 0) is 6.54 Å². The molecule has 3 rings (SSSR count). The van der Waals surface area contributed by atoms with Crippen molar-refractivity contribution in [1.29, 1.82) is 0 Å². The molecule has 0 aromatic carbocycles. The summed E-state index contributed by atoms with van der Waals surface area (Å²) in [5, 5.41) is 8.99. The van der Waals surface area contributed by atoms with Gasteiger partial charge in [-0.1, -0.05) is 6.07 Å². The third-order valence-corrected chi connectivity index (χ3v) is 5.68. The third kappa shape index (κ3) is 6.18. The number of oxazole rings is 1. The number of likely N-dealkylation sites (tertiary alicyclic amines) is 1. The van der Waals surface area contributed by atoms with E-state index in [1.54, 1.807) is 0 Å². The SMILES string of the molecule is CCNC(=NCc1nc(C)c(C)o1)NCC(c1cccs1)N1CCCC1.I. The zero-order chi connectivity index (χ0) is 18.4. The Labute approximate surface area is 182 Å². The van der Waals surface area contributed by atoms with Gasteiger partial charge in [0.25, 0.3) is 0 Å². The molecule has 150 valence electrons. The molecule has 8 heteroatoms. The molecule has 1 atom stereocenters. The van der Waals surface area contributed by atoms with Crippen molar-refractivity contribution in [3.63, 3.8) is 0 Å². The molecule has 2 aromatic heterocycles. The highest BCUT2D eigenvalue weighted by Gasteiger charge is 2.24. The molecule has 2 N–H and O–H groups in total. The molecule has 0 saturated carbocycles. The van der Waals surface area contributed by atoms with E-state index in [9.17, 15) is 0 Å². The van der Waals surface area contributed by atoms with Crippen molar-refractivity contribution in [2.45, 2.75) is 46.2 Å². The Hall–Kier alpha value is -1.13. The van der Waals surface area contributed by atoms with Gasteiger partial charge < -0.3 is 15.1 Å². The Balaban J connectivity index is 0.00000261. The van der Waals surface area contributed by atoms with Gasteiger partial charge in [0.1, 0.15) is 12.3 Å². The first kappa shape index (κ1) is 22.2. The molecule has 1 aliphatic rings. The minimum absolute atomic E-state index is 0. The number of rotatable bonds is 7. The topological polar surface area (TPSA) is 65.7 Å². The van der Waals surface area contributed by atoms with Gasteiger partial charge in [-0.2, -0.15) is 0 Å². The lowest BCUT2D eigenvalue weighted by Crippen LogP contribution is -2.42. The molecule has 0 bridgehead atoms. The smallest absolute Gasteiger partial charge is 0.216 e. The highest BCUT2D eigenvalue weighted by atomic mass is 127. The molecule has 1 saturated heterocycles. The molecule has 1 unspecified atom stereocenters. The Morgan fingerprint density at radius 1 is 1.33 bits per heavy atom. The number of aliphatic imine (C=N–C) groups is 1. The number of thiophene rings is 1. The van der Waals surface area contributed by atoms with Crippen molar-refractivity contribution >= 4 is 41.3 Å². The second kappa shape index (κ2) is 11.0. The van der Waals surface area contributed by atoms with Crippen LogP contribution < -0.4 is 10.6 Å². The first-order valence-corrected chi connectivity index (χ1v) is 10.3. The van der Waals surface area contributed by atoms with Gasteiger partial charge in [-0.15, -0.1) is 35.3 Å². The number of aryl methyl sites for hydroxylation is 2. The standard InChI is InChI=1S/C19H29N5OS.HI/c1-4-20-19(22-13-18-23-14(2)15(3)25-18)21-12-16(17-8-7-11-26-17)24-9-5-6-10-24;/h7-8,11,16H,4-6,9-10,12-13H2,1-3H3,(H2,20,21,22);1H. The fraction of sp³-hybridized carbons (Fsp3) is 0.579. The summed E-state index contributed by atoms with van der Waals surface area (Å²) < 4.78 is 5.63. The molecular formula is C19H30IN5OS. The van der Waals surface area contributed by atoms with E-state index >= 15 is 0 Å². The Kier molecular flexibility index (Phi) is 9.04. The second-order valence-electron chi connectivity index (χ2n) is 6.60. The molecular weight excluding hydrogens is 473 g/mol. The molecule has 0 amide bonds. The van der Waals surface area contributed by atoms with Crippen LogP contribution in [0.15, 0.2) is 26.9 Å². The van der Waals surface area contributed by atoms with Crippen molar-refractivity contribution in [3.05, 3.63) is 39.7 Å². The van der Waals surface area contributed by atoms with Crippen LogP contribution in [0.4, 0.5) is 0 Å². The Morgan fingerprint density at radius 2 is 2.11 bits per heavy atom. The van der Waals surface area contributed by atoms with Crippen LogP contribution in [0, 0.1) is 13.8 Å². The van der Waals surface area contributed by atoms with E-state index < -0.39 is 0 Å². The van der Waals surface area contributed by atoms with Crippen LogP contribution in [0.5, 0.6) is 0 Å². The predicted molar refractivity (Wildman–Crippen MR) is 122 cm³/mol. The molecule has 1 fully saturated rings.